The Morgan fingerprint density at radius 3 is 1.92 bits per heavy atom. The molecule has 4 aromatic rings. The lowest BCUT2D eigenvalue weighted by atomic mass is 9.92. The van der Waals surface area contributed by atoms with Gasteiger partial charge in [0.25, 0.3) is 5.91 Å². The molecule has 1 heterocycles. The summed E-state index contributed by atoms with van der Waals surface area (Å²) in [7, 11) is -0.513. The maximum absolute atomic E-state index is 14.7. The van der Waals surface area contributed by atoms with Gasteiger partial charge in [-0.3, -0.25) is 18.6 Å². The van der Waals surface area contributed by atoms with Crippen molar-refractivity contribution in [3.05, 3.63) is 114 Å². The number of carbonyl (C=O) groups excluding carboxylic acids is 2. The largest absolute Gasteiger partial charge is 0.388 e. The standard InChI is InChI=1S/C36H46N6O5S/c1-24(26-15-11-9-12-16-26)42(35(45)29-19-28(34(37)44)20-30(21-29)40(7)48(8,46)47)25(2)33(43)32(27-17-13-10-14-18-27)39(6)31-22-38-41(23-31)36(3,4)5/h9-25,32-33,43H,1-8H3,(H2,37,44). The fourth-order valence-electron chi connectivity index (χ4n) is 5.76. The number of nitrogens with two attached hydrogens (primary N) is 1. The molecule has 0 aliphatic rings. The third kappa shape index (κ3) is 7.88. The van der Waals surface area contributed by atoms with E-state index in [0.29, 0.717) is 0 Å². The minimum Gasteiger partial charge on any atom is -0.388 e. The van der Waals surface area contributed by atoms with Crippen LogP contribution in [-0.4, -0.2) is 72.5 Å². The molecule has 1 aromatic heterocycles. The number of aromatic nitrogens is 2. The molecular weight excluding hydrogens is 628 g/mol. The number of primary amides is 1. The first-order valence-electron chi connectivity index (χ1n) is 15.7. The highest BCUT2D eigenvalue weighted by molar-refractivity contribution is 7.92. The van der Waals surface area contributed by atoms with Crippen LogP contribution in [0.3, 0.4) is 0 Å². The molecule has 12 heteroatoms. The summed E-state index contributed by atoms with van der Waals surface area (Å²) in [5, 5.41) is 16.9. The zero-order chi connectivity index (χ0) is 35.6. The molecule has 0 spiro atoms. The minimum absolute atomic E-state index is 0.0235. The Kier molecular flexibility index (Phi) is 10.7. The smallest absolute Gasteiger partial charge is 0.254 e. The lowest BCUT2D eigenvalue weighted by Crippen LogP contribution is -2.51. The first-order valence-corrected chi connectivity index (χ1v) is 17.5. The molecule has 0 saturated carbocycles. The SMILES string of the molecule is CC(c1ccccc1)N(C(=O)c1cc(C(N)=O)cc(N(C)S(C)(=O)=O)c1)C(C)C(O)C(c1ccccc1)N(C)c1cnn(C(C)(C)C)c1. The second-order valence-electron chi connectivity index (χ2n) is 13.2. The zero-order valence-corrected chi connectivity index (χ0v) is 29.6. The van der Waals surface area contributed by atoms with Crippen molar-refractivity contribution >= 4 is 33.2 Å². The van der Waals surface area contributed by atoms with E-state index < -0.39 is 46.1 Å². The lowest BCUT2D eigenvalue weighted by Gasteiger charge is -2.42. The van der Waals surface area contributed by atoms with Crippen molar-refractivity contribution in [2.75, 3.05) is 29.6 Å². The molecule has 3 N–H and O–H groups in total. The molecule has 2 amide bonds. The number of aliphatic hydroxyl groups excluding tert-OH is 1. The Bertz CT molecular complexity index is 1840. The van der Waals surface area contributed by atoms with Crippen LogP contribution in [0.15, 0.2) is 91.3 Å². The van der Waals surface area contributed by atoms with E-state index in [1.165, 1.54) is 25.2 Å². The highest BCUT2D eigenvalue weighted by atomic mass is 32.2. The highest BCUT2D eigenvalue weighted by Gasteiger charge is 2.38. The number of rotatable bonds is 12. The molecule has 11 nitrogen and oxygen atoms in total. The van der Waals surface area contributed by atoms with Crippen molar-refractivity contribution < 1.29 is 23.1 Å². The summed E-state index contributed by atoms with van der Waals surface area (Å²) in [5.41, 5.74) is 7.94. The van der Waals surface area contributed by atoms with E-state index in [9.17, 15) is 23.1 Å². The first kappa shape index (κ1) is 36.2. The molecule has 0 fully saturated rings. The van der Waals surface area contributed by atoms with E-state index in [-0.39, 0.29) is 22.4 Å². The van der Waals surface area contributed by atoms with Crippen molar-refractivity contribution in [3.63, 3.8) is 0 Å². The van der Waals surface area contributed by atoms with Gasteiger partial charge in [0.05, 0.1) is 53.6 Å². The topological polar surface area (TPSA) is 142 Å². The van der Waals surface area contributed by atoms with E-state index in [2.05, 4.69) is 25.9 Å². The fourth-order valence-corrected chi connectivity index (χ4v) is 6.24. The van der Waals surface area contributed by atoms with Gasteiger partial charge >= 0.3 is 0 Å². The van der Waals surface area contributed by atoms with Gasteiger partial charge in [0.1, 0.15) is 0 Å². The Morgan fingerprint density at radius 2 is 1.42 bits per heavy atom. The molecule has 0 radical (unpaired) electrons. The van der Waals surface area contributed by atoms with Crippen molar-refractivity contribution in [1.82, 2.24) is 14.7 Å². The van der Waals surface area contributed by atoms with Gasteiger partial charge in [-0.15, -0.1) is 0 Å². The predicted molar refractivity (Wildman–Crippen MR) is 190 cm³/mol. The number of benzene rings is 3. The van der Waals surface area contributed by atoms with Gasteiger partial charge in [-0.05, 0) is 63.9 Å². The van der Waals surface area contributed by atoms with Crippen LogP contribution in [0, 0.1) is 0 Å². The summed E-state index contributed by atoms with van der Waals surface area (Å²) in [6.07, 6.45) is 3.57. The van der Waals surface area contributed by atoms with Crippen molar-refractivity contribution in [1.29, 1.82) is 0 Å². The third-order valence-corrected chi connectivity index (χ3v) is 9.93. The summed E-state index contributed by atoms with van der Waals surface area (Å²) >= 11 is 0. The number of aliphatic hydroxyl groups is 1. The molecule has 3 aromatic carbocycles. The molecule has 0 bridgehead atoms. The van der Waals surface area contributed by atoms with Gasteiger partial charge in [0, 0.05) is 31.4 Å². The molecular formula is C36H46N6O5S. The number of likely N-dealkylation sites (N-methyl/N-ethyl adjacent to an activating group) is 1. The summed E-state index contributed by atoms with van der Waals surface area (Å²) in [6.45, 7) is 9.81. The summed E-state index contributed by atoms with van der Waals surface area (Å²) in [4.78, 5) is 30.6. The second kappa shape index (κ2) is 14.2. The minimum atomic E-state index is -3.73. The van der Waals surface area contributed by atoms with Crippen LogP contribution >= 0.6 is 0 Å². The van der Waals surface area contributed by atoms with E-state index in [0.717, 1.165) is 27.4 Å². The van der Waals surface area contributed by atoms with Gasteiger partial charge in [0.15, 0.2) is 0 Å². The average Bonchev–Trinajstić information content (AvgIpc) is 3.56. The maximum atomic E-state index is 14.7. The number of hydrogen-bond donors (Lipinski definition) is 2. The monoisotopic (exact) mass is 674 g/mol. The predicted octanol–water partition coefficient (Wildman–Crippen LogP) is 4.96. The van der Waals surface area contributed by atoms with Gasteiger partial charge in [-0.25, -0.2) is 8.42 Å². The Morgan fingerprint density at radius 1 is 0.875 bits per heavy atom. The van der Waals surface area contributed by atoms with Crippen LogP contribution in [0.2, 0.25) is 0 Å². The second-order valence-corrected chi connectivity index (χ2v) is 15.2. The third-order valence-electron chi connectivity index (χ3n) is 8.72. The lowest BCUT2D eigenvalue weighted by molar-refractivity contribution is 0.0181. The van der Waals surface area contributed by atoms with Crippen LogP contribution in [0.4, 0.5) is 11.4 Å². The van der Waals surface area contributed by atoms with Crippen LogP contribution in [0.1, 0.15) is 78.5 Å². The van der Waals surface area contributed by atoms with Gasteiger partial charge in [-0.2, -0.15) is 5.10 Å². The number of amides is 2. The zero-order valence-electron chi connectivity index (χ0n) is 28.8. The molecule has 4 atom stereocenters. The average molecular weight is 675 g/mol. The van der Waals surface area contributed by atoms with Crippen molar-refractivity contribution in [3.8, 4) is 0 Å². The number of sulfonamides is 1. The maximum Gasteiger partial charge on any atom is 0.254 e. The Hall–Kier alpha value is -4.68. The number of carbonyl (C=O) groups is 2. The summed E-state index contributed by atoms with van der Waals surface area (Å²) in [6, 6.07) is 21.1. The van der Waals surface area contributed by atoms with Crippen LogP contribution in [0.5, 0.6) is 0 Å². The van der Waals surface area contributed by atoms with Crippen molar-refractivity contribution in [2.45, 2.75) is 64.4 Å². The molecule has 0 aliphatic heterocycles. The van der Waals surface area contributed by atoms with E-state index in [1.54, 1.807) is 18.0 Å². The fraction of sp³-hybridized carbons (Fsp3) is 0.361. The Labute approximate surface area is 283 Å². The van der Waals surface area contributed by atoms with Crippen LogP contribution in [-0.2, 0) is 15.6 Å². The molecule has 4 rings (SSSR count). The molecule has 4 unspecified atom stereocenters. The van der Waals surface area contributed by atoms with Gasteiger partial charge < -0.3 is 20.6 Å². The number of hydrogen-bond acceptors (Lipinski definition) is 7. The van der Waals surface area contributed by atoms with E-state index in [1.807, 2.05) is 90.4 Å². The number of anilines is 2. The number of nitrogens with zero attached hydrogens (tertiary/aromatic N) is 5. The van der Waals surface area contributed by atoms with Gasteiger partial charge in [0.2, 0.25) is 15.9 Å². The quantitative estimate of drug-likeness (QED) is 0.216. The van der Waals surface area contributed by atoms with E-state index >= 15 is 0 Å². The first-order chi connectivity index (χ1) is 22.4. The molecule has 0 aliphatic carbocycles. The molecule has 256 valence electrons. The van der Waals surface area contributed by atoms with E-state index in [4.69, 9.17) is 5.73 Å². The molecule has 0 saturated heterocycles. The highest BCUT2D eigenvalue weighted by Crippen LogP contribution is 2.35. The summed E-state index contributed by atoms with van der Waals surface area (Å²) in [5.74, 6) is -1.33. The normalized spacial score (nSPS) is 14.4. The summed E-state index contributed by atoms with van der Waals surface area (Å²) < 4.78 is 27.7. The van der Waals surface area contributed by atoms with Crippen molar-refractivity contribution in [2.24, 2.45) is 5.73 Å². The Balaban J connectivity index is 1.85. The van der Waals surface area contributed by atoms with Crippen LogP contribution in [0.25, 0.3) is 0 Å². The molecule has 48 heavy (non-hydrogen) atoms. The van der Waals surface area contributed by atoms with Crippen LogP contribution < -0.4 is 14.9 Å². The van der Waals surface area contributed by atoms with Gasteiger partial charge in [-0.1, -0.05) is 60.7 Å².